The van der Waals surface area contributed by atoms with E-state index < -0.39 is 35.8 Å². The van der Waals surface area contributed by atoms with E-state index in [2.05, 4.69) is 22.8 Å². The third-order valence-electron chi connectivity index (χ3n) is 6.49. The summed E-state index contributed by atoms with van der Waals surface area (Å²) in [6.07, 6.45) is 0.269. The summed E-state index contributed by atoms with van der Waals surface area (Å²) >= 11 is 0. The maximum Gasteiger partial charge on any atom is 0.326 e. The van der Waals surface area contributed by atoms with Gasteiger partial charge in [0.15, 0.2) is 0 Å². The van der Waals surface area contributed by atoms with Gasteiger partial charge in [0.05, 0.1) is 12.3 Å². The molecule has 0 fully saturated rings. The van der Waals surface area contributed by atoms with Crippen LogP contribution in [-0.4, -0.2) is 48.2 Å². The van der Waals surface area contributed by atoms with Crippen LogP contribution in [0.2, 0.25) is 0 Å². The van der Waals surface area contributed by atoms with Crippen LogP contribution in [0.4, 0.5) is 4.79 Å². The molecule has 3 amide bonds. The molecule has 3 rings (SSSR count). The number of fused-ring (bicyclic) bond motifs is 3. The van der Waals surface area contributed by atoms with Crippen molar-refractivity contribution >= 4 is 23.9 Å². The van der Waals surface area contributed by atoms with Crippen LogP contribution >= 0.6 is 0 Å². The second kappa shape index (κ2) is 12.2. The molecule has 0 saturated heterocycles. The van der Waals surface area contributed by atoms with E-state index in [0.29, 0.717) is 6.42 Å². The number of carbonyl (C=O) groups is 4. The summed E-state index contributed by atoms with van der Waals surface area (Å²) in [6, 6.07) is 14.2. The van der Waals surface area contributed by atoms with Crippen molar-refractivity contribution in [1.29, 1.82) is 0 Å². The number of aliphatic carboxylic acids is 1. The molecule has 0 unspecified atom stereocenters. The standard InChI is InChI=1S/C27H33N3O6/c1-16(2)21(25(32)30-23(26(33)34)12-7-13-29-27(28)35)14-24(31)36-15-22-19-10-5-3-8-17(19)18-9-4-6-11-20(18)22/h3-6,8-11,16,21-23H,7,12-15H2,1-2H3,(H,30,32)(H,33,34)(H3,28,29,35)/t21-,23-/m0/s1. The predicted molar refractivity (Wildman–Crippen MR) is 134 cm³/mol. The molecule has 0 spiro atoms. The fraction of sp³-hybridized carbons (Fsp3) is 0.407. The number of primary amides is 1. The minimum atomic E-state index is -1.19. The first-order valence-electron chi connectivity index (χ1n) is 12.1. The van der Waals surface area contributed by atoms with Crippen molar-refractivity contribution in [3.05, 3.63) is 59.7 Å². The van der Waals surface area contributed by atoms with E-state index in [1.807, 2.05) is 36.4 Å². The molecule has 2 atom stereocenters. The van der Waals surface area contributed by atoms with Crippen LogP contribution in [0.3, 0.4) is 0 Å². The van der Waals surface area contributed by atoms with E-state index in [1.54, 1.807) is 13.8 Å². The highest BCUT2D eigenvalue weighted by Crippen LogP contribution is 2.44. The Hall–Kier alpha value is -3.88. The summed E-state index contributed by atoms with van der Waals surface area (Å²) in [7, 11) is 0. The number of hydrogen-bond donors (Lipinski definition) is 4. The number of carbonyl (C=O) groups excluding carboxylic acids is 3. The van der Waals surface area contributed by atoms with E-state index in [4.69, 9.17) is 10.5 Å². The summed E-state index contributed by atoms with van der Waals surface area (Å²) in [6.45, 7) is 3.95. The largest absolute Gasteiger partial charge is 0.480 e. The number of carboxylic acid groups (broad SMARTS) is 1. The molecule has 1 aliphatic carbocycles. The minimum Gasteiger partial charge on any atom is -0.480 e. The van der Waals surface area contributed by atoms with Gasteiger partial charge in [0.1, 0.15) is 12.6 Å². The molecule has 0 aliphatic heterocycles. The summed E-state index contributed by atoms with van der Waals surface area (Å²) in [5.74, 6) is -3.26. The Balaban J connectivity index is 1.59. The van der Waals surface area contributed by atoms with Crippen LogP contribution in [0, 0.1) is 11.8 Å². The maximum absolute atomic E-state index is 12.9. The molecule has 0 radical (unpaired) electrons. The molecule has 1 aliphatic rings. The van der Waals surface area contributed by atoms with Gasteiger partial charge in [0.25, 0.3) is 0 Å². The van der Waals surface area contributed by atoms with Crippen molar-refractivity contribution in [2.24, 2.45) is 17.6 Å². The molecule has 2 aromatic rings. The Morgan fingerprint density at radius 2 is 1.58 bits per heavy atom. The number of benzene rings is 2. The zero-order chi connectivity index (χ0) is 26.2. The lowest BCUT2D eigenvalue weighted by Crippen LogP contribution is -2.45. The number of ether oxygens (including phenoxy) is 1. The highest BCUT2D eigenvalue weighted by molar-refractivity contribution is 5.88. The molecular weight excluding hydrogens is 462 g/mol. The molecule has 0 heterocycles. The third-order valence-corrected chi connectivity index (χ3v) is 6.49. The van der Waals surface area contributed by atoms with Gasteiger partial charge in [-0.25, -0.2) is 9.59 Å². The first kappa shape index (κ1) is 26.7. The van der Waals surface area contributed by atoms with Crippen molar-refractivity contribution in [2.45, 2.75) is 45.1 Å². The normalized spacial score (nSPS) is 13.9. The van der Waals surface area contributed by atoms with Gasteiger partial charge < -0.3 is 26.2 Å². The van der Waals surface area contributed by atoms with Gasteiger partial charge in [-0.3, -0.25) is 9.59 Å². The number of nitrogens with two attached hydrogens (primary N) is 1. The minimum absolute atomic E-state index is 0.0851. The van der Waals surface area contributed by atoms with Gasteiger partial charge >= 0.3 is 18.0 Å². The van der Waals surface area contributed by atoms with Crippen LogP contribution in [-0.2, 0) is 19.1 Å². The quantitative estimate of drug-likeness (QED) is 0.263. The predicted octanol–water partition coefficient (Wildman–Crippen LogP) is 3.02. The molecule has 192 valence electrons. The Bertz CT molecular complexity index is 1070. The first-order valence-corrected chi connectivity index (χ1v) is 12.1. The average Bonchev–Trinajstić information content (AvgIpc) is 3.16. The molecule has 36 heavy (non-hydrogen) atoms. The molecule has 9 heteroatoms. The Kier molecular flexibility index (Phi) is 9.05. The highest BCUT2D eigenvalue weighted by Gasteiger charge is 2.32. The topological polar surface area (TPSA) is 148 Å². The molecule has 9 nitrogen and oxygen atoms in total. The summed E-state index contributed by atoms with van der Waals surface area (Å²) in [5.41, 5.74) is 9.44. The fourth-order valence-corrected chi connectivity index (χ4v) is 4.54. The second-order valence-corrected chi connectivity index (χ2v) is 9.30. The molecule has 2 aromatic carbocycles. The second-order valence-electron chi connectivity index (χ2n) is 9.30. The average molecular weight is 496 g/mol. The van der Waals surface area contributed by atoms with Gasteiger partial charge in [-0.1, -0.05) is 62.4 Å². The lowest BCUT2D eigenvalue weighted by Gasteiger charge is -2.23. The van der Waals surface area contributed by atoms with Gasteiger partial charge in [0, 0.05) is 12.5 Å². The molecular formula is C27H33N3O6. The van der Waals surface area contributed by atoms with Crippen molar-refractivity contribution in [2.75, 3.05) is 13.2 Å². The molecule has 0 aromatic heterocycles. The fourth-order valence-electron chi connectivity index (χ4n) is 4.54. The van der Waals surface area contributed by atoms with E-state index in [0.717, 1.165) is 22.3 Å². The van der Waals surface area contributed by atoms with Crippen LogP contribution in [0.25, 0.3) is 11.1 Å². The highest BCUT2D eigenvalue weighted by atomic mass is 16.5. The lowest BCUT2D eigenvalue weighted by molar-refractivity contribution is -0.148. The Labute approximate surface area is 210 Å². The number of rotatable bonds is 12. The number of hydrogen-bond acceptors (Lipinski definition) is 5. The van der Waals surface area contributed by atoms with Crippen LogP contribution in [0.5, 0.6) is 0 Å². The maximum atomic E-state index is 12.9. The monoisotopic (exact) mass is 495 g/mol. The van der Waals surface area contributed by atoms with Gasteiger partial charge in [-0.05, 0) is 41.0 Å². The number of esters is 1. The van der Waals surface area contributed by atoms with Crippen molar-refractivity contribution in [1.82, 2.24) is 10.6 Å². The Morgan fingerprint density at radius 1 is 1.00 bits per heavy atom. The lowest BCUT2D eigenvalue weighted by atomic mass is 9.91. The number of nitrogens with one attached hydrogen (secondary N) is 2. The summed E-state index contributed by atoms with van der Waals surface area (Å²) in [4.78, 5) is 48.0. The summed E-state index contributed by atoms with van der Waals surface area (Å²) in [5, 5.41) is 14.4. The Morgan fingerprint density at radius 3 is 2.11 bits per heavy atom. The summed E-state index contributed by atoms with van der Waals surface area (Å²) < 4.78 is 5.64. The third kappa shape index (κ3) is 6.62. The van der Waals surface area contributed by atoms with E-state index in [9.17, 15) is 24.3 Å². The first-order chi connectivity index (χ1) is 17.2. The number of amides is 3. The number of carboxylic acids is 1. The van der Waals surface area contributed by atoms with Crippen molar-refractivity contribution in [3.63, 3.8) is 0 Å². The van der Waals surface area contributed by atoms with Gasteiger partial charge in [-0.2, -0.15) is 0 Å². The van der Waals surface area contributed by atoms with Crippen molar-refractivity contribution < 1.29 is 29.0 Å². The SMILES string of the molecule is CC(C)[C@H](CC(=O)OCC1c2ccccc2-c2ccccc21)C(=O)N[C@@H](CCCNC(N)=O)C(=O)O. The smallest absolute Gasteiger partial charge is 0.326 e. The molecule has 5 N–H and O–H groups in total. The van der Waals surface area contributed by atoms with Gasteiger partial charge in [-0.15, -0.1) is 0 Å². The zero-order valence-electron chi connectivity index (χ0n) is 20.5. The van der Waals surface area contributed by atoms with Crippen LogP contribution in [0.15, 0.2) is 48.5 Å². The van der Waals surface area contributed by atoms with E-state index >= 15 is 0 Å². The number of urea groups is 1. The van der Waals surface area contributed by atoms with E-state index in [1.165, 1.54) is 0 Å². The van der Waals surface area contributed by atoms with E-state index in [-0.39, 0.29) is 37.8 Å². The van der Waals surface area contributed by atoms with Gasteiger partial charge in [0.2, 0.25) is 5.91 Å². The van der Waals surface area contributed by atoms with Crippen molar-refractivity contribution in [3.8, 4) is 11.1 Å². The van der Waals surface area contributed by atoms with Crippen LogP contribution in [0.1, 0.15) is 50.2 Å². The molecule has 0 bridgehead atoms. The van der Waals surface area contributed by atoms with Crippen LogP contribution < -0.4 is 16.4 Å². The molecule has 0 saturated carbocycles. The zero-order valence-corrected chi connectivity index (χ0v) is 20.5.